The maximum atomic E-state index is 13.1. The van der Waals surface area contributed by atoms with Crippen molar-refractivity contribution in [1.82, 2.24) is 20.4 Å². The second-order valence-corrected chi connectivity index (χ2v) is 10.8. The Bertz CT molecular complexity index is 952. The van der Waals surface area contributed by atoms with Gasteiger partial charge in [-0.3, -0.25) is 14.4 Å². The zero-order valence-corrected chi connectivity index (χ0v) is 19.9. The van der Waals surface area contributed by atoms with Crippen molar-refractivity contribution in [3.8, 4) is 0 Å². The van der Waals surface area contributed by atoms with Crippen molar-refractivity contribution in [3.05, 3.63) is 11.7 Å². The fraction of sp³-hybridized carbons (Fsp3) is 0.762. The number of carbonyl (C=O) groups excluding carboxylic acids is 3. The predicted molar refractivity (Wildman–Crippen MR) is 117 cm³/mol. The van der Waals surface area contributed by atoms with E-state index in [1.807, 2.05) is 6.92 Å². The van der Waals surface area contributed by atoms with Gasteiger partial charge in [0.05, 0.1) is 36.7 Å². The van der Waals surface area contributed by atoms with Crippen LogP contribution in [0.3, 0.4) is 0 Å². The molecule has 1 aromatic heterocycles. The van der Waals surface area contributed by atoms with E-state index in [9.17, 15) is 22.8 Å². The van der Waals surface area contributed by atoms with Gasteiger partial charge in [0.2, 0.25) is 17.6 Å². The fourth-order valence-corrected chi connectivity index (χ4v) is 5.76. The lowest BCUT2D eigenvalue weighted by atomic mass is 10.0. The van der Waals surface area contributed by atoms with Crippen LogP contribution in [0.1, 0.15) is 56.0 Å². The van der Waals surface area contributed by atoms with Gasteiger partial charge in [-0.1, -0.05) is 19.0 Å². The number of ether oxygens (including phenoxy) is 1. The Balaban J connectivity index is 1.71. The van der Waals surface area contributed by atoms with Crippen molar-refractivity contribution >= 4 is 27.4 Å². The molecule has 0 aromatic carbocycles. The second kappa shape index (κ2) is 11.2. The van der Waals surface area contributed by atoms with E-state index in [0.717, 1.165) is 12.8 Å². The van der Waals surface area contributed by atoms with E-state index in [-0.39, 0.29) is 36.3 Å². The second-order valence-electron chi connectivity index (χ2n) is 8.62. The Morgan fingerprint density at radius 1 is 1.18 bits per heavy atom. The summed E-state index contributed by atoms with van der Waals surface area (Å²) in [4.78, 5) is 44.2. The summed E-state index contributed by atoms with van der Waals surface area (Å²) in [6, 6.07) is -0.963. The number of ketones is 1. The summed E-state index contributed by atoms with van der Waals surface area (Å²) in [5.74, 6) is -2.71. The molecule has 0 spiro atoms. The van der Waals surface area contributed by atoms with Gasteiger partial charge >= 0.3 is 0 Å². The highest BCUT2D eigenvalue weighted by Gasteiger charge is 2.35. The molecule has 184 valence electrons. The number of aryl methyl sites for hydroxylation is 1. The van der Waals surface area contributed by atoms with Crippen LogP contribution >= 0.6 is 0 Å². The molecule has 0 radical (unpaired) electrons. The highest BCUT2D eigenvalue weighted by molar-refractivity contribution is 7.91. The van der Waals surface area contributed by atoms with E-state index in [1.165, 1.54) is 0 Å². The molecule has 1 saturated heterocycles. The number of carbonyl (C=O) groups is 3. The van der Waals surface area contributed by atoms with Gasteiger partial charge in [-0.2, -0.15) is 4.98 Å². The lowest BCUT2D eigenvalue weighted by molar-refractivity contribution is -0.139. The van der Waals surface area contributed by atoms with E-state index in [1.54, 1.807) is 11.8 Å². The topological polar surface area (TPSA) is 149 Å². The third-order valence-electron chi connectivity index (χ3n) is 5.83. The third kappa shape index (κ3) is 7.32. The van der Waals surface area contributed by atoms with E-state index >= 15 is 0 Å². The molecule has 1 N–H and O–H groups in total. The smallest absolute Gasteiger partial charge is 0.296 e. The third-order valence-corrected chi connectivity index (χ3v) is 7.72. The lowest BCUT2D eigenvalue weighted by Crippen LogP contribution is -2.47. The average Bonchev–Trinajstić information content (AvgIpc) is 3.46. The molecule has 1 aliphatic carbocycles. The van der Waals surface area contributed by atoms with E-state index in [4.69, 9.17) is 9.26 Å². The Labute approximate surface area is 193 Å². The van der Waals surface area contributed by atoms with Crippen molar-refractivity contribution in [2.24, 2.45) is 11.8 Å². The lowest BCUT2D eigenvalue weighted by Gasteiger charge is -2.28. The first kappa shape index (κ1) is 25.3. The minimum Gasteiger partial charge on any atom is -0.378 e. The van der Waals surface area contributed by atoms with Gasteiger partial charge in [0, 0.05) is 25.9 Å². The van der Waals surface area contributed by atoms with Crippen LogP contribution in [0.15, 0.2) is 4.52 Å². The highest BCUT2D eigenvalue weighted by Crippen LogP contribution is 2.31. The van der Waals surface area contributed by atoms with Crippen LogP contribution in [-0.2, 0) is 30.6 Å². The van der Waals surface area contributed by atoms with Gasteiger partial charge in [0.15, 0.2) is 15.7 Å². The van der Waals surface area contributed by atoms with Crippen molar-refractivity contribution in [3.63, 3.8) is 0 Å². The van der Waals surface area contributed by atoms with Gasteiger partial charge < -0.3 is 19.5 Å². The van der Waals surface area contributed by atoms with Crippen LogP contribution in [0, 0.1) is 11.8 Å². The zero-order chi connectivity index (χ0) is 24.0. The number of rotatable bonds is 12. The molecule has 2 heterocycles. The number of hydrogen-bond acceptors (Lipinski definition) is 9. The Hall–Kier alpha value is -2.34. The first-order valence-corrected chi connectivity index (χ1v) is 13.3. The molecular weight excluding hydrogens is 452 g/mol. The molecule has 0 bridgehead atoms. The normalized spacial score (nSPS) is 18.5. The van der Waals surface area contributed by atoms with Crippen molar-refractivity contribution in [1.29, 1.82) is 0 Å². The largest absolute Gasteiger partial charge is 0.378 e. The predicted octanol–water partition coefficient (Wildman–Crippen LogP) is 0.399. The SMILES string of the molecule is CCc1noc(C(=O)[C@H](CC)NC(=O)[C@@H](CC(=O)N2CCOCC2)CS(=O)(=O)CC2CC2)n1. The summed E-state index contributed by atoms with van der Waals surface area (Å²) >= 11 is 0. The molecule has 11 nitrogen and oxygen atoms in total. The number of amides is 2. The Kier molecular flexibility index (Phi) is 8.57. The molecule has 2 aliphatic rings. The van der Waals surface area contributed by atoms with Crippen molar-refractivity contribution in [2.45, 2.75) is 52.0 Å². The van der Waals surface area contributed by atoms with E-state index in [2.05, 4.69) is 15.5 Å². The fourth-order valence-electron chi connectivity index (χ4n) is 3.69. The standard InChI is InChI=1S/C21H32N4O7S/c1-3-16(19(27)21-23-17(4-2)24-32-21)22-20(28)15(13-33(29,30)12-14-5-6-14)11-18(26)25-7-9-31-10-8-25/h14-16H,3-13H2,1-2H3,(H,22,28)/t15-,16-/m0/s1. The molecule has 1 saturated carbocycles. The molecular formula is C21H32N4O7S. The van der Waals surface area contributed by atoms with Gasteiger partial charge in [-0.05, 0) is 25.2 Å². The first-order chi connectivity index (χ1) is 15.7. The van der Waals surface area contributed by atoms with Gasteiger partial charge in [0.25, 0.3) is 5.89 Å². The van der Waals surface area contributed by atoms with Crippen molar-refractivity contribution < 1.29 is 32.1 Å². The minimum absolute atomic E-state index is 0.0143. The number of aromatic nitrogens is 2. The zero-order valence-electron chi connectivity index (χ0n) is 19.1. The summed E-state index contributed by atoms with van der Waals surface area (Å²) in [6.07, 6.45) is 2.21. The number of hydrogen-bond donors (Lipinski definition) is 1. The van der Waals surface area contributed by atoms with Gasteiger partial charge in [-0.15, -0.1) is 0 Å². The quantitative estimate of drug-likeness (QED) is 0.416. The van der Waals surface area contributed by atoms with Crippen LogP contribution in [0.4, 0.5) is 0 Å². The molecule has 12 heteroatoms. The number of nitrogens with one attached hydrogen (secondary N) is 1. The van der Waals surface area contributed by atoms with Crippen molar-refractivity contribution in [2.75, 3.05) is 37.8 Å². The van der Waals surface area contributed by atoms with E-state index in [0.29, 0.717) is 38.5 Å². The van der Waals surface area contributed by atoms with E-state index < -0.39 is 39.2 Å². The first-order valence-electron chi connectivity index (χ1n) is 11.5. The van der Waals surface area contributed by atoms with Crippen LogP contribution in [-0.4, -0.2) is 84.9 Å². The summed E-state index contributed by atoms with van der Waals surface area (Å²) in [5.41, 5.74) is 0. The summed E-state index contributed by atoms with van der Waals surface area (Å²) in [5, 5.41) is 6.32. The summed E-state index contributed by atoms with van der Waals surface area (Å²) in [7, 11) is -3.54. The molecule has 2 atom stereocenters. The summed E-state index contributed by atoms with van der Waals surface area (Å²) < 4.78 is 35.6. The molecule has 0 unspecified atom stereocenters. The minimum atomic E-state index is -3.54. The van der Waals surface area contributed by atoms with Gasteiger partial charge in [0.1, 0.15) is 0 Å². The Morgan fingerprint density at radius 3 is 2.45 bits per heavy atom. The number of Topliss-reactive ketones (excluding diaryl/α,β-unsaturated/α-hetero) is 1. The maximum Gasteiger partial charge on any atom is 0.296 e. The number of nitrogens with zero attached hydrogens (tertiary/aromatic N) is 3. The van der Waals surface area contributed by atoms with Crippen LogP contribution < -0.4 is 5.32 Å². The van der Waals surface area contributed by atoms with Gasteiger partial charge in [-0.25, -0.2) is 8.42 Å². The highest BCUT2D eigenvalue weighted by atomic mass is 32.2. The van der Waals surface area contributed by atoms with Crippen LogP contribution in [0.5, 0.6) is 0 Å². The molecule has 33 heavy (non-hydrogen) atoms. The molecule has 1 aromatic rings. The number of morpholine rings is 1. The molecule has 2 amide bonds. The Morgan fingerprint density at radius 2 is 1.88 bits per heavy atom. The maximum absolute atomic E-state index is 13.1. The molecule has 1 aliphatic heterocycles. The summed E-state index contributed by atoms with van der Waals surface area (Å²) in [6.45, 7) is 5.12. The van der Waals surface area contributed by atoms with Crippen LogP contribution in [0.25, 0.3) is 0 Å². The molecule has 2 fully saturated rings. The monoisotopic (exact) mass is 484 g/mol. The van der Waals surface area contributed by atoms with Crippen LogP contribution in [0.2, 0.25) is 0 Å². The average molecular weight is 485 g/mol. The number of sulfone groups is 1. The molecule has 3 rings (SSSR count).